The fourth-order valence-corrected chi connectivity index (χ4v) is 3.26. The predicted molar refractivity (Wildman–Crippen MR) is 96.9 cm³/mol. The van der Waals surface area contributed by atoms with Gasteiger partial charge in [0.1, 0.15) is 22.3 Å². The fraction of sp³-hybridized carbons (Fsp3) is 0.474. The second kappa shape index (κ2) is 7.12. The first-order valence-electron chi connectivity index (χ1n) is 8.06. The molecule has 0 aliphatic heterocycles. The molecule has 23 heavy (non-hydrogen) atoms. The Labute approximate surface area is 142 Å². The Balaban J connectivity index is 2.42. The van der Waals surface area contributed by atoms with Crippen molar-refractivity contribution in [3.63, 3.8) is 0 Å². The third-order valence-electron chi connectivity index (χ3n) is 3.83. The summed E-state index contributed by atoms with van der Waals surface area (Å²) in [5.74, 6) is 1.75. The first-order valence-corrected chi connectivity index (χ1v) is 9.21. The van der Waals surface area contributed by atoms with Crippen molar-refractivity contribution >= 4 is 11.4 Å². The third-order valence-corrected chi connectivity index (χ3v) is 5.39. The van der Waals surface area contributed by atoms with Crippen LogP contribution in [-0.2, 0) is 17.8 Å². The molecule has 2 unspecified atom stereocenters. The molecule has 2 rings (SSSR count). The molecule has 0 aliphatic rings. The lowest BCUT2D eigenvalue weighted by Gasteiger charge is -2.28. The van der Waals surface area contributed by atoms with Crippen LogP contribution in [0.3, 0.4) is 0 Å². The van der Waals surface area contributed by atoms with Crippen molar-refractivity contribution in [1.82, 2.24) is 4.72 Å². The van der Waals surface area contributed by atoms with Crippen molar-refractivity contribution in [2.24, 2.45) is 0 Å². The highest BCUT2D eigenvalue weighted by Gasteiger charge is 2.32. The van der Waals surface area contributed by atoms with Crippen molar-refractivity contribution in [2.45, 2.75) is 58.8 Å². The van der Waals surface area contributed by atoms with Crippen LogP contribution in [0.4, 0.5) is 0 Å². The summed E-state index contributed by atoms with van der Waals surface area (Å²) in [6.45, 7) is 12.1. The molecule has 0 saturated carbocycles. The van der Waals surface area contributed by atoms with Gasteiger partial charge >= 0.3 is 0 Å². The van der Waals surface area contributed by atoms with Crippen molar-refractivity contribution < 1.29 is 8.97 Å². The molecule has 1 aromatic heterocycles. The molecule has 1 heterocycles. The lowest BCUT2D eigenvalue weighted by molar-refractivity contribution is 0.437. The quantitative estimate of drug-likeness (QED) is 0.814. The van der Waals surface area contributed by atoms with Gasteiger partial charge in [0.25, 0.3) is 0 Å². The summed E-state index contributed by atoms with van der Waals surface area (Å²) in [7, 11) is 0. The minimum Gasteiger partial charge on any atom is -0.598 e. The molecular formula is C19H27NO2S. The molecule has 0 fully saturated rings. The van der Waals surface area contributed by atoms with E-state index in [4.69, 9.17) is 4.42 Å². The predicted octanol–water partition coefficient (Wildman–Crippen LogP) is 4.60. The topological polar surface area (TPSA) is 48.2 Å². The maximum atomic E-state index is 12.6. The van der Waals surface area contributed by atoms with Crippen LogP contribution in [0, 0.1) is 13.8 Å². The van der Waals surface area contributed by atoms with Gasteiger partial charge in [-0.25, -0.2) is 0 Å². The number of nitrogens with one attached hydrogen (secondary N) is 1. The zero-order valence-electron chi connectivity index (χ0n) is 14.9. The van der Waals surface area contributed by atoms with Gasteiger partial charge < -0.3 is 8.97 Å². The van der Waals surface area contributed by atoms with Crippen molar-refractivity contribution in [2.75, 3.05) is 0 Å². The van der Waals surface area contributed by atoms with Gasteiger partial charge in [0, 0.05) is 17.8 Å². The molecule has 2 atom stereocenters. The van der Waals surface area contributed by atoms with Crippen molar-refractivity contribution in [3.8, 4) is 0 Å². The lowest BCUT2D eigenvalue weighted by Crippen LogP contribution is -2.41. The van der Waals surface area contributed by atoms with E-state index >= 15 is 0 Å². The van der Waals surface area contributed by atoms with E-state index in [-0.39, 0.29) is 10.8 Å². The van der Waals surface area contributed by atoms with Crippen LogP contribution in [-0.4, -0.2) is 9.30 Å². The highest BCUT2D eigenvalue weighted by atomic mass is 32.2. The molecule has 4 heteroatoms. The van der Waals surface area contributed by atoms with E-state index in [9.17, 15) is 4.55 Å². The van der Waals surface area contributed by atoms with E-state index in [2.05, 4.69) is 43.7 Å². The van der Waals surface area contributed by atoms with E-state index in [1.165, 1.54) is 11.1 Å². The molecule has 1 N–H and O–H groups in total. The Kier molecular flexibility index (Phi) is 5.61. The Morgan fingerprint density at radius 3 is 2.39 bits per heavy atom. The third kappa shape index (κ3) is 4.40. The molecule has 0 bridgehead atoms. The van der Waals surface area contributed by atoms with E-state index < -0.39 is 11.4 Å². The van der Waals surface area contributed by atoms with Crippen LogP contribution >= 0.6 is 0 Å². The van der Waals surface area contributed by atoms with Gasteiger partial charge in [-0.3, -0.25) is 0 Å². The number of hydrogen-bond acceptors (Lipinski definition) is 3. The first kappa shape index (κ1) is 18.1. The summed E-state index contributed by atoms with van der Waals surface area (Å²) in [4.78, 5) is 0. The smallest absolute Gasteiger partial charge is 0.136 e. The van der Waals surface area contributed by atoms with E-state index in [0.717, 1.165) is 23.5 Å². The van der Waals surface area contributed by atoms with E-state index in [0.29, 0.717) is 0 Å². The van der Waals surface area contributed by atoms with Crippen LogP contribution in [0.25, 0.3) is 0 Å². The Hall–Kier alpha value is -1.23. The minimum absolute atomic E-state index is 0.212. The average molecular weight is 333 g/mol. The SMILES string of the molecule is CCc1ccc(C(N[S+]([O-])C(C)(C)C)c2ccc(C)cc2C)o1. The summed E-state index contributed by atoms with van der Waals surface area (Å²) in [6, 6.07) is 10.1. The molecule has 0 radical (unpaired) electrons. The summed E-state index contributed by atoms with van der Waals surface area (Å²) in [5.41, 5.74) is 3.49. The monoisotopic (exact) mass is 333 g/mol. The van der Waals surface area contributed by atoms with Gasteiger partial charge in [-0.15, -0.1) is 4.72 Å². The van der Waals surface area contributed by atoms with E-state index in [1.807, 2.05) is 32.9 Å². The van der Waals surface area contributed by atoms with Gasteiger partial charge in [-0.1, -0.05) is 30.7 Å². The number of benzene rings is 1. The highest BCUT2D eigenvalue weighted by Crippen LogP contribution is 2.30. The molecule has 2 aromatic rings. The second-order valence-corrected chi connectivity index (χ2v) is 8.95. The average Bonchev–Trinajstić information content (AvgIpc) is 2.93. The van der Waals surface area contributed by atoms with Crippen LogP contribution in [0.1, 0.15) is 61.9 Å². The first-order chi connectivity index (χ1) is 10.7. The maximum absolute atomic E-state index is 12.6. The Morgan fingerprint density at radius 1 is 1.17 bits per heavy atom. The molecule has 3 nitrogen and oxygen atoms in total. The maximum Gasteiger partial charge on any atom is 0.136 e. The largest absolute Gasteiger partial charge is 0.598 e. The van der Waals surface area contributed by atoms with Gasteiger partial charge in [-0.2, -0.15) is 0 Å². The minimum atomic E-state index is -1.18. The zero-order valence-corrected chi connectivity index (χ0v) is 15.7. The van der Waals surface area contributed by atoms with E-state index in [1.54, 1.807) is 0 Å². The van der Waals surface area contributed by atoms with Gasteiger partial charge in [0.2, 0.25) is 0 Å². The number of aryl methyl sites for hydroxylation is 3. The van der Waals surface area contributed by atoms with Crippen molar-refractivity contribution in [1.29, 1.82) is 0 Å². The van der Waals surface area contributed by atoms with Gasteiger partial charge in [0.05, 0.1) is 0 Å². The lowest BCUT2D eigenvalue weighted by atomic mass is 9.98. The Bertz CT molecular complexity index is 658. The summed E-state index contributed by atoms with van der Waals surface area (Å²) in [6.07, 6.45) is 0.849. The molecule has 1 aromatic carbocycles. The number of rotatable bonds is 5. The van der Waals surface area contributed by atoms with Crippen LogP contribution in [0.15, 0.2) is 34.7 Å². The van der Waals surface area contributed by atoms with Crippen LogP contribution < -0.4 is 4.72 Å². The standard InChI is InChI=1S/C19H27NO2S/c1-7-15-9-11-17(22-15)18(20-23(21)19(4,5)6)16-10-8-13(2)12-14(16)3/h8-12,18,20H,7H2,1-6H3. The van der Waals surface area contributed by atoms with Crippen LogP contribution in [0.2, 0.25) is 0 Å². The number of hydrogen-bond donors (Lipinski definition) is 1. The summed E-state index contributed by atoms with van der Waals surface area (Å²) in [5, 5.41) is 0. The highest BCUT2D eigenvalue weighted by molar-refractivity contribution is 7.90. The molecule has 0 spiro atoms. The van der Waals surface area contributed by atoms with Crippen molar-refractivity contribution in [3.05, 3.63) is 58.5 Å². The zero-order chi connectivity index (χ0) is 17.2. The second-order valence-electron chi connectivity index (χ2n) is 6.95. The molecule has 0 saturated heterocycles. The molecular weight excluding hydrogens is 306 g/mol. The summed E-state index contributed by atoms with van der Waals surface area (Å²) < 4.78 is 21.5. The Morgan fingerprint density at radius 2 is 1.87 bits per heavy atom. The molecule has 0 aliphatic carbocycles. The fourth-order valence-electron chi connectivity index (χ4n) is 2.45. The number of furan rings is 1. The van der Waals surface area contributed by atoms with Crippen LogP contribution in [0.5, 0.6) is 0 Å². The normalized spacial score (nSPS) is 14.7. The van der Waals surface area contributed by atoms with Gasteiger partial charge in [-0.05, 0) is 57.9 Å². The molecule has 126 valence electrons. The van der Waals surface area contributed by atoms with Gasteiger partial charge in [0.15, 0.2) is 0 Å². The molecule has 0 amide bonds. The summed E-state index contributed by atoms with van der Waals surface area (Å²) >= 11 is -1.18.